The Labute approximate surface area is 141 Å². The summed E-state index contributed by atoms with van der Waals surface area (Å²) in [6.45, 7) is 1.82. The van der Waals surface area contributed by atoms with Gasteiger partial charge in [-0.15, -0.1) is 0 Å². The van der Waals surface area contributed by atoms with Crippen molar-refractivity contribution in [2.45, 2.75) is 50.8 Å². The monoisotopic (exact) mass is 329 g/mol. The first-order valence-electron chi connectivity index (χ1n) is 8.39. The lowest BCUT2D eigenvalue weighted by Crippen LogP contribution is -2.49. The van der Waals surface area contributed by atoms with Crippen LogP contribution in [0.1, 0.15) is 44.5 Å². The third-order valence-electron chi connectivity index (χ3n) is 4.35. The molecule has 2 amide bonds. The predicted octanol–water partition coefficient (Wildman–Crippen LogP) is 3.01. The summed E-state index contributed by atoms with van der Waals surface area (Å²) in [4.78, 5) is 16.4. The number of aliphatic hydroxyl groups is 1. The van der Waals surface area contributed by atoms with Crippen LogP contribution in [0.5, 0.6) is 0 Å². The Morgan fingerprint density at radius 3 is 2.79 bits per heavy atom. The molecule has 6 nitrogen and oxygen atoms in total. The summed E-state index contributed by atoms with van der Waals surface area (Å²) in [6, 6.07) is 8.84. The second kappa shape index (κ2) is 7.49. The van der Waals surface area contributed by atoms with E-state index in [4.69, 9.17) is 4.42 Å². The Morgan fingerprint density at radius 2 is 2.04 bits per heavy atom. The minimum atomic E-state index is -0.466. The number of urea groups is 1. The summed E-state index contributed by atoms with van der Waals surface area (Å²) >= 11 is 0. The predicted molar refractivity (Wildman–Crippen MR) is 90.3 cm³/mol. The van der Waals surface area contributed by atoms with E-state index in [1.165, 1.54) is 0 Å². The van der Waals surface area contributed by atoms with E-state index < -0.39 is 6.10 Å². The van der Waals surface area contributed by atoms with Gasteiger partial charge < -0.3 is 20.2 Å². The number of nitrogens with one attached hydrogen (secondary N) is 2. The molecular weight excluding hydrogens is 306 g/mol. The smallest absolute Gasteiger partial charge is 0.315 e. The van der Waals surface area contributed by atoms with Gasteiger partial charge in [0.05, 0.1) is 18.3 Å². The number of oxazole rings is 1. The molecule has 0 bridgehead atoms. The molecule has 0 spiro atoms. The van der Waals surface area contributed by atoms with E-state index >= 15 is 0 Å². The lowest BCUT2D eigenvalue weighted by atomic mass is 9.93. The molecule has 1 heterocycles. The van der Waals surface area contributed by atoms with Crippen LogP contribution in [0.2, 0.25) is 0 Å². The van der Waals surface area contributed by atoms with Gasteiger partial charge in [0.25, 0.3) is 0 Å². The lowest BCUT2D eigenvalue weighted by Gasteiger charge is -2.28. The molecule has 1 aliphatic rings. The Kier molecular flexibility index (Phi) is 5.15. The molecule has 1 aromatic heterocycles. The first-order chi connectivity index (χ1) is 11.6. The SMILES string of the molecule is CC(NC(=O)NC1CCCCC1O)c1ncc(-c2ccccc2)o1. The second-order valence-electron chi connectivity index (χ2n) is 6.23. The Hall–Kier alpha value is -2.34. The van der Waals surface area contributed by atoms with Crippen molar-refractivity contribution in [2.24, 2.45) is 0 Å². The summed E-state index contributed by atoms with van der Waals surface area (Å²) in [7, 11) is 0. The van der Waals surface area contributed by atoms with Gasteiger partial charge >= 0.3 is 6.03 Å². The highest BCUT2D eigenvalue weighted by molar-refractivity contribution is 5.74. The number of nitrogens with zero attached hydrogens (tertiary/aromatic N) is 1. The quantitative estimate of drug-likeness (QED) is 0.804. The average molecular weight is 329 g/mol. The number of carbonyl (C=O) groups excluding carboxylic acids is 1. The number of hydrogen-bond donors (Lipinski definition) is 3. The highest BCUT2D eigenvalue weighted by Gasteiger charge is 2.25. The van der Waals surface area contributed by atoms with Gasteiger partial charge in [-0.1, -0.05) is 43.2 Å². The highest BCUT2D eigenvalue weighted by Crippen LogP contribution is 2.23. The normalized spacial score (nSPS) is 21.9. The fraction of sp³-hybridized carbons (Fsp3) is 0.444. The molecule has 6 heteroatoms. The van der Waals surface area contributed by atoms with E-state index in [2.05, 4.69) is 15.6 Å². The third-order valence-corrected chi connectivity index (χ3v) is 4.35. The van der Waals surface area contributed by atoms with Crippen molar-refractivity contribution in [3.8, 4) is 11.3 Å². The zero-order chi connectivity index (χ0) is 16.9. The highest BCUT2D eigenvalue weighted by atomic mass is 16.4. The zero-order valence-electron chi connectivity index (χ0n) is 13.7. The summed E-state index contributed by atoms with van der Waals surface area (Å²) in [5.41, 5.74) is 0.943. The zero-order valence-corrected chi connectivity index (χ0v) is 13.7. The van der Waals surface area contributed by atoms with Gasteiger partial charge in [-0.3, -0.25) is 0 Å². The van der Waals surface area contributed by atoms with Crippen LogP contribution in [-0.4, -0.2) is 28.3 Å². The van der Waals surface area contributed by atoms with Crippen molar-refractivity contribution < 1.29 is 14.3 Å². The van der Waals surface area contributed by atoms with Crippen LogP contribution in [-0.2, 0) is 0 Å². The first kappa shape index (κ1) is 16.5. The first-order valence-corrected chi connectivity index (χ1v) is 8.39. The molecule has 1 aromatic carbocycles. The van der Waals surface area contributed by atoms with Crippen LogP contribution in [0.4, 0.5) is 4.79 Å². The lowest BCUT2D eigenvalue weighted by molar-refractivity contribution is 0.0940. The number of rotatable bonds is 4. The standard InChI is InChI=1S/C18H23N3O3/c1-12(20-18(23)21-14-9-5-6-10-15(14)22)17-19-11-16(24-17)13-7-3-2-4-8-13/h2-4,7-8,11-12,14-15,22H,5-6,9-10H2,1H3,(H2,20,21,23). The van der Waals surface area contributed by atoms with Gasteiger partial charge in [-0.05, 0) is 19.8 Å². The molecule has 1 aliphatic carbocycles. The summed E-state index contributed by atoms with van der Waals surface area (Å²) in [5.74, 6) is 1.12. The van der Waals surface area contributed by atoms with Gasteiger partial charge in [-0.2, -0.15) is 0 Å². The number of aliphatic hydroxyl groups excluding tert-OH is 1. The van der Waals surface area contributed by atoms with Gasteiger partial charge in [0, 0.05) is 5.56 Å². The van der Waals surface area contributed by atoms with Crippen LogP contribution in [0.25, 0.3) is 11.3 Å². The summed E-state index contributed by atoms with van der Waals surface area (Å²) < 4.78 is 5.74. The molecular formula is C18H23N3O3. The van der Waals surface area contributed by atoms with E-state index in [-0.39, 0.29) is 18.1 Å². The largest absolute Gasteiger partial charge is 0.438 e. The van der Waals surface area contributed by atoms with Crippen LogP contribution in [0.15, 0.2) is 40.9 Å². The molecule has 3 atom stereocenters. The number of hydrogen-bond acceptors (Lipinski definition) is 4. The minimum absolute atomic E-state index is 0.185. The number of benzene rings is 1. The molecule has 24 heavy (non-hydrogen) atoms. The maximum atomic E-state index is 12.1. The molecule has 0 aliphatic heterocycles. The molecule has 2 aromatic rings. The van der Waals surface area contributed by atoms with E-state index in [1.54, 1.807) is 6.20 Å². The van der Waals surface area contributed by atoms with Crippen molar-refractivity contribution in [2.75, 3.05) is 0 Å². The Balaban J connectivity index is 1.57. The molecule has 1 saturated carbocycles. The summed E-state index contributed by atoms with van der Waals surface area (Å²) in [6.07, 6.45) is 4.77. The second-order valence-corrected chi connectivity index (χ2v) is 6.23. The Bertz CT molecular complexity index is 671. The fourth-order valence-electron chi connectivity index (χ4n) is 2.97. The molecule has 0 saturated heterocycles. The Morgan fingerprint density at radius 1 is 1.29 bits per heavy atom. The average Bonchev–Trinajstić information content (AvgIpc) is 3.08. The topological polar surface area (TPSA) is 87.4 Å². The molecule has 3 rings (SSSR count). The van der Waals surface area contributed by atoms with Crippen LogP contribution < -0.4 is 10.6 Å². The van der Waals surface area contributed by atoms with Crippen LogP contribution in [0.3, 0.4) is 0 Å². The molecule has 0 radical (unpaired) electrons. The molecule has 128 valence electrons. The molecule has 3 N–H and O–H groups in total. The minimum Gasteiger partial charge on any atom is -0.438 e. The number of amides is 2. The van der Waals surface area contributed by atoms with Crippen molar-refractivity contribution in [3.63, 3.8) is 0 Å². The van der Waals surface area contributed by atoms with Gasteiger partial charge in [0.1, 0.15) is 6.04 Å². The van der Waals surface area contributed by atoms with Crippen molar-refractivity contribution in [1.29, 1.82) is 0 Å². The van der Waals surface area contributed by atoms with Crippen LogP contribution in [0, 0.1) is 0 Å². The van der Waals surface area contributed by atoms with Gasteiger partial charge in [0.2, 0.25) is 5.89 Å². The molecule has 3 unspecified atom stereocenters. The van der Waals surface area contributed by atoms with Gasteiger partial charge in [0.15, 0.2) is 5.76 Å². The van der Waals surface area contributed by atoms with E-state index in [0.29, 0.717) is 11.7 Å². The van der Waals surface area contributed by atoms with E-state index in [1.807, 2.05) is 37.3 Å². The van der Waals surface area contributed by atoms with Crippen molar-refractivity contribution in [3.05, 3.63) is 42.4 Å². The van der Waals surface area contributed by atoms with Crippen molar-refractivity contribution in [1.82, 2.24) is 15.6 Å². The van der Waals surface area contributed by atoms with Crippen LogP contribution >= 0.6 is 0 Å². The summed E-state index contributed by atoms with van der Waals surface area (Å²) in [5, 5.41) is 15.6. The number of aromatic nitrogens is 1. The number of carbonyl (C=O) groups is 1. The fourth-order valence-corrected chi connectivity index (χ4v) is 2.97. The third kappa shape index (κ3) is 3.94. The van der Waals surface area contributed by atoms with Gasteiger partial charge in [-0.25, -0.2) is 9.78 Å². The maximum absolute atomic E-state index is 12.1. The van der Waals surface area contributed by atoms with Crippen molar-refractivity contribution >= 4 is 6.03 Å². The maximum Gasteiger partial charge on any atom is 0.315 e. The van der Waals surface area contributed by atoms with E-state index in [9.17, 15) is 9.90 Å². The molecule has 1 fully saturated rings. The van der Waals surface area contributed by atoms with E-state index in [0.717, 1.165) is 31.2 Å².